The van der Waals surface area contributed by atoms with Gasteiger partial charge in [0.2, 0.25) is 5.95 Å². The van der Waals surface area contributed by atoms with E-state index in [4.69, 9.17) is 15.2 Å². The number of methoxy groups -OCH3 is 2. The molecule has 0 radical (unpaired) electrons. The number of imidazole rings is 1. The summed E-state index contributed by atoms with van der Waals surface area (Å²) in [6.07, 6.45) is 4.75. The zero-order valence-corrected chi connectivity index (χ0v) is 12.3. The summed E-state index contributed by atoms with van der Waals surface area (Å²) in [4.78, 5) is 4.49. The molecule has 5 heteroatoms. The van der Waals surface area contributed by atoms with Crippen LogP contribution in [0.1, 0.15) is 32.6 Å². The first-order valence-corrected chi connectivity index (χ1v) is 6.99. The lowest BCUT2D eigenvalue weighted by Crippen LogP contribution is -2.27. The minimum atomic E-state index is 0.0540. The Balaban J connectivity index is 2.24. The van der Waals surface area contributed by atoms with Crippen molar-refractivity contribution in [3.63, 3.8) is 0 Å². The summed E-state index contributed by atoms with van der Waals surface area (Å²) in [6.45, 7) is 2.26. The molecule has 1 aliphatic carbocycles. The van der Waals surface area contributed by atoms with Crippen LogP contribution in [-0.2, 0) is 5.54 Å². The van der Waals surface area contributed by atoms with E-state index in [2.05, 4.69) is 16.5 Å². The van der Waals surface area contributed by atoms with Crippen molar-refractivity contribution in [2.75, 3.05) is 20.0 Å². The fraction of sp³-hybridized carbons (Fsp3) is 0.533. The molecule has 5 nitrogen and oxygen atoms in total. The molecule has 0 amide bonds. The average molecular weight is 275 g/mol. The highest BCUT2D eigenvalue weighted by Gasteiger charge is 2.33. The molecule has 0 saturated heterocycles. The van der Waals surface area contributed by atoms with E-state index >= 15 is 0 Å². The molecule has 1 saturated carbocycles. The molecule has 1 heterocycles. The standard InChI is InChI=1S/C15H21N3O2/c1-15(6-4-5-7-15)18-11-9-13(20-3)12(19-2)8-10(11)17-14(18)16/h8-9H,4-7H2,1-3H3,(H2,16,17). The highest BCUT2D eigenvalue weighted by Crippen LogP contribution is 2.42. The van der Waals surface area contributed by atoms with E-state index in [0.717, 1.165) is 23.9 Å². The highest BCUT2D eigenvalue weighted by atomic mass is 16.5. The summed E-state index contributed by atoms with van der Waals surface area (Å²) in [7, 11) is 3.27. The van der Waals surface area contributed by atoms with E-state index in [0.29, 0.717) is 17.4 Å². The number of hydrogen-bond donors (Lipinski definition) is 1. The Kier molecular flexibility index (Phi) is 3.00. The molecule has 0 spiro atoms. The van der Waals surface area contributed by atoms with Gasteiger partial charge in [0.1, 0.15) is 0 Å². The molecule has 0 aliphatic heterocycles. The van der Waals surface area contributed by atoms with E-state index in [-0.39, 0.29) is 5.54 Å². The zero-order valence-electron chi connectivity index (χ0n) is 12.3. The van der Waals surface area contributed by atoms with Gasteiger partial charge in [-0.1, -0.05) is 12.8 Å². The van der Waals surface area contributed by atoms with Crippen LogP contribution in [0.5, 0.6) is 11.5 Å². The summed E-state index contributed by atoms with van der Waals surface area (Å²) in [5, 5.41) is 0. The molecule has 108 valence electrons. The highest BCUT2D eigenvalue weighted by molar-refractivity contribution is 5.83. The third-order valence-electron chi connectivity index (χ3n) is 4.41. The largest absolute Gasteiger partial charge is 0.493 e. The third kappa shape index (κ3) is 1.80. The number of rotatable bonds is 3. The van der Waals surface area contributed by atoms with Crippen LogP contribution in [-0.4, -0.2) is 23.8 Å². The van der Waals surface area contributed by atoms with E-state index in [1.807, 2.05) is 12.1 Å². The van der Waals surface area contributed by atoms with Gasteiger partial charge in [0, 0.05) is 17.7 Å². The van der Waals surface area contributed by atoms with E-state index in [9.17, 15) is 0 Å². The second-order valence-corrected chi connectivity index (χ2v) is 5.71. The van der Waals surface area contributed by atoms with Crippen molar-refractivity contribution in [2.45, 2.75) is 38.1 Å². The van der Waals surface area contributed by atoms with Gasteiger partial charge in [-0.05, 0) is 19.8 Å². The van der Waals surface area contributed by atoms with Gasteiger partial charge >= 0.3 is 0 Å². The lowest BCUT2D eigenvalue weighted by Gasteiger charge is -2.27. The van der Waals surface area contributed by atoms with Crippen LogP contribution < -0.4 is 15.2 Å². The van der Waals surface area contributed by atoms with Gasteiger partial charge in [0.25, 0.3) is 0 Å². The van der Waals surface area contributed by atoms with Crippen molar-refractivity contribution in [1.29, 1.82) is 0 Å². The number of nitrogen functional groups attached to an aromatic ring is 1. The van der Waals surface area contributed by atoms with Crippen molar-refractivity contribution in [3.05, 3.63) is 12.1 Å². The van der Waals surface area contributed by atoms with E-state index in [1.165, 1.54) is 12.8 Å². The Hall–Kier alpha value is -1.91. The number of benzene rings is 1. The first-order chi connectivity index (χ1) is 9.59. The van der Waals surface area contributed by atoms with Crippen LogP contribution in [0.4, 0.5) is 5.95 Å². The van der Waals surface area contributed by atoms with Crippen LogP contribution in [0.15, 0.2) is 12.1 Å². The monoisotopic (exact) mass is 275 g/mol. The summed E-state index contributed by atoms with van der Waals surface area (Å²) in [5.41, 5.74) is 8.10. The first kappa shape index (κ1) is 13.1. The van der Waals surface area contributed by atoms with Crippen LogP contribution in [0, 0.1) is 0 Å². The van der Waals surface area contributed by atoms with Gasteiger partial charge in [0.15, 0.2) is 11.5 Å². The minimum absolute atomic E-state index is 0.0540. The third-order valence-corrected chi connectivity index (χ3v) is 4.41. The van der Waals surface area contributed by atoms with Gasteiger partial charge in [-0.3, -0.25) is 0 Å². The molecule has 0 bridgehead atoms. The molecule has 1 aromatic heterocycles. The summed E-state index contributed by atoms with van der Waals surface area (Å²) < 4.78 is 12.9. The van der Waals surface area contributed by atoms with Crippen LogP contribution >= 0.6 is 0 Å². The number of anilines is 1. The second-order valence-electron chi connectivity index (χ2n) is 5.71. The number of hydrogen-bond acceptors (Lipinski definition) is 4. The number of ether oxygens (including phenoxy) is 2. The fourth-order valence-electron chi connectivity index (χ4n) is 3.35. The quantitative estimate of drug-likeness (QED) is 0.935. The molecule has 1 fully saturated rings. The van der Waals surface area contributed by atoms with Crippen LogP contribution in [0.2, 0.25) is 0 Å². The number of fused-ring (bicyclic) bond motifs is 1. The molecule has 3 rings (SSSR count). The average Bonchev–Trinajstić information content (AvgIpc) is 3.00. The summed E-state index contributed by atoms with van der Waals surface area (Å²) in [6, 6.07) is 3.86. The summed E-state index contributed by atoms with van der Waals surface area (Å²) in [5.74, 6) is 1.96. The van der Waals surface area contributed by atoms with Crippen molar-refractivity contribution in [3.8, 4) is 11.5 Å². The number of nitrogens with two attached hydrogens (primary N) is 1. The molecule has 2 aromatic rings. The zero-order chi connectivity index (χ0) is 14.3. The molecular formula is C15H21N3O2. The molecule has 1 aromatic carbocycles. The second kappa shape index (κ2) is 4.58. The van der Waals surface area contributed by atoms with Crippen LogP contribution in [0.25, 0.3) is 11.0 Å². The minimum Gasteiger partial charge on any atom is -0.493 e. The molecule has 0 atom stereocenters. The lowest BCUT2D eigenvalue weighted by atomic mass is 10.00. The predicted molar refractivity (Wildman–Crippen MR) is 79.4 cm³/mol. The Morgan fingerprint density at radius 2 is 1.75 bits per heavy atom. The molecular weight excluding hydrogens is 254 g/mol. The van der Waals surface area contributed by atoms with Gasteiger partial charge in [0.05, 0.1) is 25.3 Å². The predicted octanol–water partition coefficient (Wildman–Crippen LogP) is 2.92. The summed E-state index contributed by atoms with van der Waals surface area (Å²) >= 11 is 0. The maximum absolute atomic E-state index is 6.17. The fourth-order valence-corrected chi connectivity index (χ4v) is 3.35. The van der Waals surface area contributed by atoms with Gasteiger partial charge in [-0.2, -0.15) is 0 Å². The van der Waals surface area contributed by atoms with Crippen LogP contribution in [0.3, 0.4) is 0 Å². The smallest absolute Gasteiger partial charge is 0.201 e. The van der Waals surface area contributed by atoms with Crippen molar-refractivity contribution in [2.24, 2.45) is 0 Å². The van der Waals surface area contributed by atoms with Crippen molar-refractivity contribution in [1.82, 2.24) is 9.55 Å². The van der Waals surface area contributed by atoms with Crippen molar-refractivity contribution >= 4 is 17.0 Å². The Morgan fingerprint density at radius 1 is 1.15 bits per heavy atom. The molecule has 0 unspecified atom stereocenters. The van der Waals surface area contributed by atoms with Crippen molar-refractivity contribution < 1.29 is 9.47 Å². The molecule has 20 heavy (non-hydrogen) atoms. The number of nitrogens with zero attached hydrogens (tertiary/aromatic N) is 2. The SMILES string of the molecule is COc1cc2nc(N)n(C3(C)CCCC3)c2cc1OC. The normalized spacial score (nSPS) is 17.6. The van der Waals surface area contributed by atoms with Gasteiger partial charge in [-0.15, -0.1) is 0 Å². The Bertz CT molecular complexity index is 642. The van der Waals surface area contributed by atoms with E-state index < -0.39 is 0 Å². The topological polar surface area (TPSA) is 62.3 Å². The first-order valence-electron chi connectivity index (χ1n) is 6.99. The maximum atomic E-state index is 6.17. The Labute approximate surface area is 118 Å². The van der Waals surface area contributed by atoms with Gasteiger partial charge < -0.3 is 19.8 Å². The number of aromatic nitrogens is 2. The maximum Gasteiger partial charge on any atom is 0.201 e. The molecule has 1 aliphatic rings. The van der Waals surface area contributed by atoms with Gasteiger partial charge in [-0.25, -0.2) is 4.98 Å². The Morgan fingerprint density at radius 3 is 2.35 bits per heavy atom. The molecule has 2 N–H and O–H groups in total. The van der Waals surface area contributed by atoms with E-state index in [1.54, 1.807) is 14.2 Å². The lowest BCUT2D eigenvalue weighted by molar-refractivity contribution is 0.341.